The molecule has 0 bridgehead atoms. The van der Waals surface area contributed by atoms with Crippen LogP contribution in [0.4, 0.5) is 4.79 Å². The van der Waals surface area contributed by atoms with Crippen molar-refractivity contribution in [3.8, 4) is 0 Å². The van der Waals surface area contributed by atoms with E-state index in [1.165, 1.54) is 7.05 Å². The average molecular weight is 318 g/mol. The quantitative estimate of drug-likeness (QED) is 0.702. The van der Waals surface area contributed by atoms with E-state index in [1.807, 2.05) is 6.07 Å². The minimum Gasteiger partial charge on any atom is -0.358 e. The molecule has 0 radical (unpaired) electrons. The van der Waals surface area contributed by atoms with Crippen LogP contribution in [-0.2, 0) is 11.2 Å². The van der Waals surface area contributed by atoms with Crippen LogP contribution in [0.3, 0.4) is 0 Å². The van der Waals surface area contributed by atoms with E-state index in [2.05, 4.69) is 16.0 Å². The molecule has 0 saturated carbocycles. The highest BCUT2D eigenvalue weighted by Gasteiger charge is 2.04. The summed E-state index contributed by atoms with van der Waals surface area (Å²) >= 11 is 11.9. The van der Waals surface area contributed by atoms with E-state index in [4.69, 9.17) is 23.2 Å². The normalized spacial score (nSPS) is 9.95. The lowest BCUT2D eigenvalue weighted by atomic mass is 10.1. The van der Waals surface area contributed by atoms with Crippen LogP contribution in [0.15, 0.2) is 18.2 Å². The average Bonchev–Trinajstić information content (AvgIpc) is 2.42. The Labute approximate surface area is 128 Å². The predicted molar refractivity (Wildman–Crippen MR) is 80.3 cm³/mol. The summed E-state index contributed by atoms with van der Waals surface area (Å²) in [6, 6.07) is 4.99. The maximum atomic E-state index is 11.3. The number of urea groups is 1. The molecule has 0 saturated heterocycles. The van der Waals surface area contributed by atoms with E-state index in [9.17, 15) is 9.59 Å². The Bertz CT molecular complexity index is 481. The Morgan fingerprint density at radius 2 is 1.95 bits per heavy atom. The van der Waals surface area contributed by atoms with Gasteiger partial charge in [-0.2, -0.15) is 0 Å². The molecule has 110 valence electrons. The summed E-state index contributed by atoms with van der Waals surface area (Å²) in [4.78, 5) is 22.3. The number of hydrogen-bond acceptors (Lipinski definition) is 2. The summed E-state index contributed by atoms with van der Waals surface area (Å²) in [6.07, 6.45) is 1.49. The topological polar surface area (TPSA) is 70.2 Å². The van der Waals surface area contributed by atoms with Gasteiger partial charge in [0, 0.05) is 23.6 Å². The van der Waals surface area contributed by atoms with E-state index in [0.717, 1.165) is 18.4 Å². The Kier molecular flexibility index (Phi) is 7.18. The lowest BCUT2D eigenvalue weighted by Gasteiger charge is -2.08. The summed E-state index contributed by atoms with van der Waals surface area (Å²) in [6.45, 7) is 0.462. The molecule has 0 unspecified atom stereocenters. The van der Waals surface area contributed by atoms with Crippen molar-refractivity contribution in [1.82, 2.24) is 16.0 Å². The Morgan fingerprint density at radius 1 is 1.20 bits per heavy atom. The first-order valence-electron chi connectivity index (χ1n) is 6.19. The van der Waals surface area contributed by atoms with Gasteiger partial charge in [0.1, 0.15) is 0 Å². The van der Waals surface area contributed by atoms with Crippen LogP contribution < -0.4 is 16.0 Å². The zero-order valence-electron chi connectivity index (χ0n) is 11.1. The Balaban J connectivity index is 2.21. The van der Waals surface area contributed by atoms with Crippen molar-refractivity contribution in [1.29, 1.82) is 0 Å². The first-order valence-corrected chi connectivity index (χ1v) is 6.94. The fourth-order valence-corrected chi connectivity index (χ4v) is 2.02. The maximum absolute atomic E-state index is 11.3. The van der Waals surface area contributed by atoms with E-state index in [0.29, 0.717) is 16.6 Å². The molecule has 7 heteroatoms. The third-order valence-electron chi connectivity index (χ3n) is 2.61. The van der Waals surface area contributed by atoms with Crippen LogP contribution in [0.1, 0.15) is 12.0 Å². The molecule has 1 aromatic carbocycles. The van der Waals surface area contributed by atoms with Crippen molar-refractivity contribution in [3.05, 3.63) is 33.8 Å². The van der Waals surface area contributed by atoms with Gasteiger partial charge < -0.3 is 16.0 Å². The molecular formula is C13H17Cl2N3O2. The van der Waals surface area contributed by atoms with Crippen LogP contribution in [0.25, 0.3) is 0 Å². The van der Waals surface area contributed by atoms with Gasteiger partial charge in [-0.1, -0.05) is 29.3 Å². The SMILES string of the molecule is CNC(=O)CNC(=O)NCCCc1ccc(Cl)cc1Cl. The van der Waals surface area contributed by atoms with Crippen LogP contribution >= 0.6 is 23.2 Å². The molecule has 3 N–H and O–H groups in total. The number of carbonyl (C=O) groups excluding carboxylic acids is 2. The number of rotatable bonds is 6. The molecule has 1 rings (SSSR count). The number of nitrogens with one attached hydrogen (secondary N) is 3. The number of halogens is 2. The molecule has 0 aliphatic carbocycles. The molecule has 0 spiro atoms. The van der Waals surface area contributed by atoms with Crippen molar-refractivity contribution in [2.45, 2.75) is 12.8 Å². The van der Waals surface area contributed by atoms with Gasteiger partial charge >= 0.3 is 6.03 Å². The van der Waals surface area contributed by atoms with Crippen molar-refractivity contribution < 1.29 is 9.59 Å². The summed E-state index contributed by atoms with van der Waals surface area (Å²) in [7, 11) is 1.51. The number of likely N-dealkylation sites (N-methyl/N-ethyl adjacent to an activating group) is 1. The summed E-state index contributed by atoms with van der Waals surface area (Å²) in [5.41, 5.74) is 0.989. The molecule has 20 heavy (non-hydrogen) atoms. The van der Waals surface area contributed by atoms with Gasteiger partial charge in [-0.05, 0) is 30.5 Å². The van der Waals surface area contributed by atoms with E-state index < -0.39 is 0 Å². The fourth-order valence-electron chi connectivity index (χ4n) is 1.52. The molecule has 0 aliphatic rings. The highest BCUT2D eigenvalue weighted by atomic mass is 35.5. The second-order valence-corrected chi connectivity index (χ2v) is 4.97. The number of hydrogen-bond donors (Lipinski definition) is 3. The van der Waals surface area contributed by atoms with Gasteiger partial charge in [0.15, 0.2) is 0 Å². The molecule has 0 atom stereocenters. The molecule has 0 aliphatic heterocycles. The van der Waals surface area contributed by atoms with Crippen LogP contribution in [-0.4, -0.2) is 32.1 Å². The highest BCUT2D eigenvalue weighted by molar-refractivity contribution is 6.35. The minimum absolute atomic E-state index is 0.0364. The second kappa shape index (κ2) is 8.66. The maximum Gasteiger partial charge on any atom is 0.315 e. The summed E-state index contributed by atoms with van der Waals surface area (Å²) in [5.74, 6) is -0.243. The highest BCUT2D eigenvalue weighted by Crippen LogP contribution is 2.21. The first kappa shape index (κ1) is 16.6. The molecule has 5 nitrogen and oxygen atoms in total. The Hall–Kier alpha value is -1.46. The van der Waals surface area contributed by atoms with Crippen molar-refractivity contribution >= 4 is 35.1 Å². The van der Waals surface area contributed by atoms with Crippen LogP contribution in [0, 0.1) is 0 Å². The fraction of sp³-hybridized carbons (Fsp3) is 0.385. The first-order chi connectivity index (χ1) is 9.52. The van der Waals surface area contributed by atoms with Crippen molar-refractivity contribution in [2.24, 2.45) is 0 Å². The van der Waals surface area contributed by atoms with Crippen LogP contribution in [0.2, 0.25) is 10.0 Å². The van der Waals surface area contributed by atoms with Gasteiger partial charge in [-0.3, -0.25) is 4.79 Å². The molecule has 0 heterocycles. The van der Waals surface area contributed by atoms with Gasteiger partial charge in [-0.25, -0.2) is 4.79 Å². The zero-order valence-corrected chi connectivity index (χ0v) is 12.6. The summed E-state index contributed by atoms with van der Waals surface area (Å²) < 4.78 is 0. The zero-order chi connectivity index (χ0) is 15.0. The van der Waals surface area contributed by atoms with E-state index >= 15 is 0 Å². The lowest BCUT2D eigenvalue weighted by molar-refractivity contribution is -0.119. The molecule has 3 amide bonds. The van der Waals surface area contributed by atoms with Crippen molar-refractivity contribution in [2.75, 3.05) is 20.1 Å². The van der Waals surface area contributed by atoms with Gasteiger partial charge in [0.25, 0.3) is 0 Å². The smallest absolute Gasteiger partial charge is 0.315 e. The molecule has 0 fully saturated rings. The number of carbonyl (C=O) groups is 2. The third-order valence-corrected chi connectivity index (χ3v) is 3.20. The molecule has 1 aromatic rings. The number of amides is 3. The second-order valence-electron chi connectivity index (χ2n) is 4.12. The lowest BCUT2D eigenvalue weighted by Crippen LogP contribution is -2.41. The largest absolute Gasteiger partial charge is 0.358 e. The molecule has 0 aromatic heterocycles. The minimum atomic E-state index is -0.365. The van der Waals surface area contributed by atoms with Gasteiger partial charge in [0.05, 0.1) is 6.54 Å². The van der Waals surface area contributed by atoms with Gasteiger partial charge in [-0.15, -0.1) is 0 Å². The summed E-state index contributed by atoms with van der Waals surface area (Å²) in [5, 5.41) is 8.75. The molecular weight excluding hydrogens is 301 g/mol. The monoisotopic (exact) mass is 317 g/mol. The Morgan fingerprint density at radius 3 is 2.60 bits per heavy atom. The van der Waals surface area contributed by atoms with E-state index in [1.54, 1.807) is 12.1 Å². The van der Waals surface area contributed by atoms with Crippen LogP contribution in [0.5, 0.6) is 0 Å². The predicted octanol–water partition coefficient (Wildman–Crippen LogP) is 1.97. The van der Waals surface area contributed by atoms with Gasteiger partial charge in [0.2, 0.25) is 5.91 Å². The van der Waals surface area contributed by atoms with E-state index in [-0.39, 0.29) is 18.5 Å². The standard InChI is InChI=1S/C13H17Cl2N3O2/c1-16-12(19)8-18-13(20)17-6-2-3-9-4-5-10(14)7-11(9)15/h4-5,7H,2-3,6,8H2,1H3,(H,16,19)(H2,17,18,20). The number of benzene rings is 1. The number of aryl methyl sites for hydroxylation is 1. The third kappa shape index (κ3) is 6.12. The van der Waals surface area contributed by atoms with Crippen molar-refractivity contribution in [3.63, 3.8) is 0 Å².